The maximum atomic E-state index is 11.0. The summed E-state index contributed by atoms with van der Waals surface area (Å²) in [5.41, 5.74) is 0.744. The molecule has 1 aromatic rings. The number of carbonyl (C=O) groups is 1. The first kappa shape index (κ1) is 11.2. The molecule has 0 fully saturated rings. The summed E-state index contributed by atoms with van der Waals surface area (Å²) in [6.45, 7) is 2.13. The maximum Gasteiger partial charge on any atom is 0.330 e. The zero-order valence-corrected chi connectivity index (χ0v) is 8.77. The van der Waals surface area contributed by atoms with Crippen molar-refractivity contribution in [3.63, 3.8) is 0 Å². The van der Waals surface area contributed by atoms with Crippen molar-refractivity contribution in [3.05, 3.63) is 30.0 Å². The van der Waals surface area contributed by atoms with Gasteiger partial charge in [-0.1, -0.05) is 0 Å². The quantitative estimate of drug-likeness (QED) is 0.556. The molecule has 0 unspecified atom stereocenters. The van der Waals surface area contributed by atoms with Gasteiger partial charge in [0.15, 0.2) is 0 Å². The molecule has 1 aromatic heterocycles. The average molecular weight is 207 g/mol. The highest BCUT2D eigenvalue weighted by atomic mass is 16.5. The number of hydrogen-bond donors (Lipinski definition) is 0. The first-order valence-corrected chi connectivity index (χ1v) is 4.61. The van der Waals surface area contributed by atoms with Gasteiger partial charge in [0, 0.05) is 17.8 Å². The van der Waals surface area contributed by atoms with E-state index in [1.807, 2.05) is 6.07 Å². The third kappa shape index (κ3) is 3.42. The molecule has 0 aliphatic heterocycles. The molecule has 4 nitrogen and oxygen atoms in total. The predicted octanol–water partition coefficient (Wildman–Crippen LogP) is 1.67. The highest BCUT2D eigenvalue weighted by Crippen LogP contribution is 2.14. The van der Waals surface area contributed by atoms with Crippen molar-refractivity contribution in [2.24, 2.45) is 0 Å². The fraction of sp³-hybridized carbons (Fsp3) is 0.273. The molecule has 0 aromatic carbocycles. The monoisotopic (exact) mass is 207 g/mol. The Morgan fingerprint density at radius 2 is 2.40 bits per heavy atom. The molecule has 15 heavy (non-hydrogen) atoms. The number of methoxy groups -OCH3 is 1. The van der Waals surface area contributed by atoms with Crippen LogP contribution < -0.4 is 4.74 Å². The highest BCUT2D eigenvalue weighted by molar-refractivity contribution is 5.87. The number of rotatable bonds is 4. The molecular weight excluding hydrogens is 194 g/mol. The average Bonchev–Trinajstić information content (AvgIpc) is 2.27. The number of hydrogen-bond acceptors (Lipinski definition) is 4. The van der Waals surface area contributed by atoms with Crippen LogP contribution >= 0.6 is 0 Å². The topological polar surface area (TPSA) is 48.4 Å². The normalized spacial score (nSPS) is 10.3. The number of aromatic nitrogens is 1. The standard InChI is InChI=1S/C11H13NO3/c1-3-15-10(13)7-6-9-5-4-8-12-11(9)14-2/h4-8H,3H2,1-2H3. The van der Waals surface area contributed by atoms with Gasteiger partial charge in [0.05, 0.1) is 13.7 Å². The zero-order chi connectivity index (χ0) is 11.1. The second-order valence-corrected chi connectivity index (χ2v) is 2.69. The summed E-state index contributed by atoms with van der Waals surface area (Å²) in [7, 11) is 1.53. The number of esters is 1. The minimum atomic E-state index is -0.372. The van der Waals surface area contributed by atoms with Gasteiger partial charge in [0.2, 0.25) is 5.88 Å². The Morgan fingerprint density at radius 1 is 1.60 bits per heavy atom. The van der Waals surface area contributed by atoms with E-state index < -0.39 is 0 Å². The second-order valence-electron chi connectivity index (χ2n) is 2.69. The lowest BCUT2D eigenvalue weighted by Crippen LogP contribution is -1.99. The molecule has 0 N–H and O–H groups in total. The van der Waals surface area contributed by atoms with Gasteiger partial charge in [-0.05, 0) is 25.1 Å². The van der Waals surface area contributed by atoms with E-state index in [0.29, 0.717) is 12.5 Å². The minimum absolute atomic E-state index is 0.368. The Kier molecular flexibility index (Phi) is 4.34. The number of carbonyl (C=O) groups excluding carboxylic acids is 1. The van der Waals surface area contributed by atoms with Gasteiger partial charge in [-0.2, -0.15) is 0 Å². The van der Waals surface area contributed by atoms with Crippen LogP contribution in [-0.4, -0.2) is 24.7 Å². The lowest BCUT2D eigenvalue weighted by molar-refractivity contribution is -0.137. The molecule has 1 heterocycles. The smallest absolute Gasteiger partial charge is 0.330 e. The Bertz CT molecular complexity index is 361. The number of ether oxygens (including phenoxy) is 2. The summed E-state index contributed by atoms with van der Waals surface area (Å²) in [5.74, 6) is 0.112. The number of pyridine rings is 1. The largest absolute Gasteiger partial charge is 0.481 e. The molecule has 0 atom stereocenters. The summed E-state index contributed by atoms with van der Waals surface area (Å²) in [5, 5.41) is 0. The van der Waals surface area contributed by atoms with Crippen molar-refractivity contribution in [1.29, 1.82) is 0 Å². The van der Waals surface area contributed by atoms with E-state index in [0.717, 1.165) is 5.56 Å². The van der Waals surface area contributed by atoms with Crippen molar-refractivity contribution in [2.45, 2.75) is 6.92 Å². The van der Waals surface area contributed by atoms with Crippen molar-refractivity contribution in [3.8, 4) is 5.88 Å². The van der Waals surface area contributed by atoms with Gasteiger partial charge in [-0.3, -0.25) is 0 Å². The van der Waals surface area contributed by atoms with Crippen molar-refractivity contribution >= 4 is 12.0 Å². The summed E-state index contributed by atoms with van der Waals surface area (Å²) in [6.07, 6.45) is 4.59. The van der Waals surface area contributed by atoms with Crippen LogP contribution in [0.25, 0.3) is 6.08 Å². The zero-order valence-electron chi connectivity index (χ0n) is 8.77. The summed E-state index contributed by atoms with van der Waals surface area (Å²) in [6, 6.07) is 3.58. The Morgan fingerprint density at radius 3 is 3.07 bits per heavy atom. The molecular formula is C11H13NO3. The predicted molar refractivity (Wildman–Crippen MR) is 56.5 cm³/mol. The first-order valence-electron chi connectivity index (χ1n) is 4.61. The van der Waals surface area contributed by atoms with Gasteiger partial charge in [0.1, 0.15) is 0 Å². The van der Waals surface area contributed by atoms with Crippen LogP contribution in [0.4, 0.5) is 0 Å². The Hall–Kier alpha value is -1.84. The lowest BCUT2D eigenvalue weighted by Gasteiger charge is -2.01. The molecule has 0 saturated heterocycles. The summed E-state index contributed by atoms with van der Waals surface area (Å²) < 4.78 is 9.77. The van der Waals surface area contributed by atoms with Crippen LogP contribution in [0.1, 0.15) is 12.5 Å². The molecule has 80 valence electrons. The molecule has 4 heteroatoms. The SMILES string of the molecule is CCOC(=O)C=Cc1cccnc1OC. The maximum absolute atomic E-state index is 11.0. The fourth-order valence-electron chi connectivity index (χ4n) is 1.05. The van der Waals surface area contributed by atoms with E-state index in [1.54, 1.807) is 25.3 Å². The van der Waals surface area contributed by atoms with Crippen LogP contribution in [0.3, 0.4) is 0 Å². The van der Waals surface area contributed by atoms with E-state index in [-0.39, 0.29) is 5.97 Å². The van der Waals surface area contributed by atoms with Crippen LogP contribution in [0.2, 0.25) is 0 Å². The third-order valence-corrected chi connectivity index (χ3v) is 1.68. The van der Waals surface area contributed by atoms with Crippen molar-refractivity contribution in [1.82, 2.24) is 4.98 Å². The lowest BCUT2D eigenvalue weighted by atomic mass is 10.2. The number of nitrogens with zero attached hydrogens (tertiary/aromatic N) is 1. The molecule has 0 saturated carbocycles. The van der Waals surface area contributed by atoms with Crippen molar-refractivity contribution < 1.29 is 14.3 Å². The molecule has 0 radical (unpaired) electrons. The van der Waals surface area contributed by atoms with Gasteiger partial charge in [-0.25, -0.2) is 9.78 Å². The van der Waals surface area contributed by atoms with Gasteiger partial charge in [0.25, 0.3) is 0 Å². The minimum Gasteiger partial charge on any atom is -0.481 e. The molecule has 0 aliphatic rings. The van der Waals surface area contributed by atoms with Gasteiger partial charge >= 0.3 is 5.97 Å². The molecule has 0 amide bonds. The molecule has 0 aliphatic carbocycles. The highest BCUT2D eigenvalue weighted by Gasteiger charge is 2.00. The van der Waals surface area contributed by atoms with Crippen LogP contribution in [-0.2, 0) is 9.53 Å². The van der Waals surface area contributed by atoms with E-state index in [4.69, 9.17) is 9.47 Å². The van der Waals surface area contributed by atoms with Crippen LogP contribution in [0.15, 0.2) is 24.4 Å². The molecule has 0 bridgehead atoms. The fourth-order valence-corrected chi connectivity index (χ4v) is 1.05. The van der Waals surface area contributed by atoms with E-state index >= 15 is 0 Å². The van der Waals surface area contributed by atoms with Crippen LogP contribution in [0, 0.1) is 0 Å². The summed E-state index contributed by atoms with van der Waals surface area (Å²) in [4.78, 5) is 15.0. The Labute approximate surface area is 88.5 Å². The second kappa shape index (κ2) is 5.80. The molecule has 0 spiro atoms. The summed E-state index contributed by atoms with van der Waals surface area (Å²) >= 11 is 0. The van der Waals surface area contributed by atoms with Crippen LogP contribution in [0.5, 0.6) is 5.88 Å². The van der Waals surface area contributed by atoms with Gasteiger partial charge < -0.3 is 9.47 Å². The first-order chi connectivity index (χ1) is 7.27. The third-order valence-electron chi connectivity index (χ3n) is 1.68. The van der Waals surface area contributed by atoms with Crippen molar-refractivity contribution in [2.75, 3.05) is 13.7 Å². The molecule has 1 rings (SSSR count). The van der Waals surface area contributed by atoms with Gasteiger partial charge in [-0.15, -0.1) is 0 Å². The Balaban J connectivity index is 2.75. The van der Waals surface area contributed by atoms with E-state index in [1.165, 1.54) is 13.2 Å². The van der Waals surface area contributed by atoms with E-state index in [9.17, 15) is 4.79 Å². The van der Waals surface area contributed by atoms with E-state index in [2.05, 4.69) is 4.98 Å².